The number of benzene rings is 1. The second kappa shape index (κ2) is 6.03. The lowest BCUT2D eigenvalue weighted by atomic mass is 10.0. The Labute approximate surface area is 110 Å². The minimum atomic E-state index is 0.322. The van der Waals surface area contributed by atoms with Crippen LogP contribution in [-0.4, -0.2) is 18.9 Å². The smallest absolute Gasteiger partial charge is 0.155 e. The van der Waals surface area contributed by atoms with Gasteiger partial charge >= 0.3 is 0 Å². The molecular weight excluding hydrogens is 222 g/mol. The van der Waals surface area contributed by atoms with Crippen LogP contribution in [0, 0.1) is 12.8 Å². The topological polar surface area (TPSA) is 20.3 Å². The standard InChI is InChI=1S/C16H23NO/c1-3-17(15-11-7-4-8-13(15)2)12-16(18)14-9-5-6-10-14/h4,7-8,11,14H,3,5-6,9-10,12H2,1-2H3. The first-order valence-electron chi connectivity index (χ1n) is 7.05. The molecule has 0 aromatic heterocycles. The second-order valence-electron chi connectivity index (χ2n) is 5.25. The fourth-order valence-corrected chi connectivity index (χ4v) is 2.85. The van der Waals surface area contributed by atoms with Gasteiger partial charge in [-0.15, -0.1) is 0 Å². The van der Waals surface area contributed by atoms with E-state index in [2.05, 4.69) is 30.9 Å². The van der Waals surface area contributed by atoms with Crippen LogP contribution in [0.5, 0.6) is 0 Å². The molecule has 0 aliphatic heterocycles. The molecule has 0 amide bonds. The summed E-state index contributed by atoms with van der Waals surface area (Å²) in [5.41, 5.74) is 2.45. The lowest BCUT2D eigenvalue weighted by Gasteiger charge is -2.25. The van der Waals surface area contributed by atoms with Crippen molar-refractivity contribution in [3.8, 4) is 0 Å². The normalized spacial score (nSPS) is 15.9. The molecule has 98 valence electrons. The number of hydrogen-bond donors (Lipinski definition) is 0. The minimum Gasteiger partial charge on any atom is -0.364 e. The predicted octanol–water partition coefficient (Wildman–Crippen LogP) is 3.58. The Hall–Kier alpha value is -1.31. The van der Waals surface area contributed by atoms with Gasteiger partial charge in [0.25, 0.3) is 0 Å². The Morgan fingerprint density at radius 3 is 2.56 bits per heavy atom. The van der Waals surface area contributed by atoms with Crippen molar-refractivity contribution in [3.63, 3.8) is 0 Å². The van der Waals surface area contributed by atoms with Gasteiger partial charge < -0.3 is 4.90 Å². The molecule has 1 aliphatic carbocycles. The summed E-state index contributed by atoms with van der Waals surface area (Å²) in [4.78, 5) is 14.5. The Kier molecular flexibility index (Phi) is 4.40. The van der Waals surface area contributed by atoms with Gasteiger partial charge in [-0.2, -0.15) is 0 Å². The van der Waals surface area contributed by atoms with Gasteiger partial charge in [-0.05, 0) is 38.3 Å². The summed E-state index contributed by atoms with van der Waals surface area (Å²) in [7, 11) is 0. The van der Waals surface area contributed by atoms with E-state index in [1.54, 1.807) is 0 Å². The van der Waals surface area contributed by atoms with Gasteiger partial charge in [0, 0.05) is 18.2 Å². The third-order valence-electron chi connectivity index (χ3n) is 4.00. The quantitative estimate of drug-likeness (QED) is 0.790. The molecule has 0 bridgehead atoms. The van der Waals surface area contributed by atoms with E-state index in [0.29, 0.717) is 18.2 Å². The summed E-state index contributed by atoms with van der Waals surface area (Å²) in [6, 6.07) is 8.31. The molecule has 0 radical (unpaired) electrons. The third-order valence-corrected chi connectivity index (χ3v) is 4.00. The molecule has 1 fully saturated rings. The van der Waals surface area contributed by atoms with Gasteiger partial charge in [0.1, 0.15) is 0 Å². The Balaban J connectivity index is 2.05. The number of hydrogen-bond acceptors (Lipinski definition) is 2. The Bertz CT molecular complexity index is 407. The monoisotopic (exact) mass is 245 g/mol. The molecule has 1 saturated carbocycles. The predicted molar refractivity (Wildman–Crippen MR) is 76.0 cm³/mol. The van der Waals surface area contributed by atoms with Crippen LogP contribution in [0.4, 0.5) is 5.69 Å². The molecule has 1 aliphatic rings. The molecule has 0 N–H and O–H groups in total. The van der Waals surface area contributed by atoms with Crippen molar-refractivity contribution in [2.24, 2.45) is 5.92 Å². The van der Waals surface area contributed by atoms with Gasteiger partial charge in [0.15, 0.2) is 5.78 Å². The second-order valence-corrected chi connectivity index (χ2v) is 5.25. The van der Waals surface area contributed by atoms with Crippen LogP contribution in [0.1, 0.15) is 38.2 Å². The van der Waals surface area contributed by atoms with Crippen LogP contribution in [-0.2, 0) is 4.79 Å². The maximum absolute atomic E-state index is 12.3. The summed E-state index contributed by atoms with van der Waals surface area (Å²) in [6.45, 7) is 5.70. The maximum atomic E-state index is 12.3. The zero-order valence-corrected chi connectivity index (χ0v) is 11.5. The summed E-state index contributed by atoms with van der Waals surface area (Å²) in [5, 5.41) is 0. The van der Waals surface area contributed by atoms with E-state index in [4.69, 9.17) is 0 Å². The number of likely N-dealkylation sites (N-methyl/N-ethyl adjacent to an activating group) is 1. The Morgan fingerprint density at radius 2 is 1.94 bits per heavy atom. The summed E-state index contributed by atoms with van der Waals surface area (Å²) in [5.74, 6) is 0.751. The molecule has 1 aromatic carbocycles. The number of Topliss-reactive ketones (excluding diaryl/α,β-unsaturated/α-hetero) is 1. The van der Waals surface area contributed by atoms with Crippen molar-refractivity contribution < 1.29 is 4.79 Å². The number of nitrogens with zero attached hydrogens (tertiary/aromatic N) is 1. The van der Waals surface area contributed by atoms with Crippen molar-refractivity contribution in [2.75, 3.05) is 18.0 Å². The highest BCUT2D eigenvalue weighted by molar-refractivity contribution is 5.86. The average molecular weight is 245 g/mol. The highest BCUT2D eigenvalue weighted by Crippen LogP contribution is 2.27. The number of rotatable bonds is 5. The fraction of sp³-hybridized carbons (Fsp3) is 0.562. The van der Waals surface area contributed by atoms with Gasteiger partial charge in [-0.25, -0.2) is 0 Å². The molecule has 18 heavy (non-hydrogen) atoms. The lowest BCUT2D eigenvalue weighted by molar-refractivity contribution is -0.121. The molecule has 2 heteroatoms. The minimum absolute atomic E-state index is 0.322. The molecule has 2 nitrogen and oxygen atoms in total. The number of ketones is 1. The lowest BCUT2D eigenvalue weighted by Crippen LogP contribution is -2.33. The van der Waals surface area contributed by atoms with Crippen LogP contribution >= 0.6 is 0 Å². The third kappa shape index (κ3) is 2.92. The van der Waals surface area contributed by atoms with E-state index in [9.17, 15) is 4.79 Å². The van der Waals surface area contributed by atoms with E-state index in [1.165, 1.54) is 24.1 Å². The van der Waals surface area contributed by atoms with Crippen LogP contribution in [0.3, 0.4) is 0 Å². The van der Waals surface area contributed by atoms with Gasteiger partial charge in [-0.1, -0.05) is 31.0 Å². The van der Waals surface area contributed by atoms with E-state index in [-0.39, 0.29) is 0 Å². The molecule has 0 unspecified atom stereocenters. The Morgan fingerprint density at radius 1 is 1.28 bits per heavy atom. The largest absolute Gasteiger partial charge is 0.364 e. The van der Waals surface area contributed by atoms with Crippen molar-refractivity contribution in [1.29, 1.82) is 0 Å². The van der Waals surface area contributed by atoms with Gasteiger partial charge in [-0.3, -0.25) is 4.79 Å². The number of anilines is 1. The molecule has 0 spiro atoms. The highest BCUT2D eigenvalue weighted by Gasteiger charge is 2.24. The van der Waals surface area contributed by atoms with Crippen LogP contribution in [0.25, 0.3) is 0 Å². The first-order valence-corrected chi connectivity index (χ1v) is 7.05. The van der Waals surface area contributed by atoms with Crippen LogP contribution in [0.15, 0.2) is 24.3 Å². The molecule has 1 aromatic rings. The van der Waals surface area contributed by atoms with Gasteiger partial charge in [0.05, 0.1) is 6.54 Å². The van der Waals surface area contributed by atoms with E-state index >= 15 is 0 Å². The summed E-state index contributed by atoms with van der Waals surface area (Å²) in [6.07, 6.45) is 4.66. The summed E-state index contributed by atoms with van der Waals surface area (Å²) < 4.78 is 0. The first kappa shape index (κ1) is 13.1. The molecule has 0 heterocycles. The highest BCUT2D eigenvalue weighted by atomic mass is 16.1. The fourth-order valence-electron chi connectivity index (χ4n) is 2.85. The van der Waals surface area contributed by atoms with E-state index in [0.717, 1.165) is 19.4 Å². The zero-order valence-electron chi connectivity index (χ0n) is 11.5. The van der Waals surface area contributed by atoms with E-state index in [1.807, 2.05) is 12.1 Å². The molecular formula is C16H23NO. The SMILES string of the molecule is CCN(CC(=O)C1CCCC1)c1ccccc1C. The molecule has 2 rings (SSSR count). The molecule has 0 atom stereocenters. The number of carbonyl (C=O) groups excluding carboxylic acids is 1. The van der Waals surface area contributed by atoms with Crippen LogP contribution in [0.2, 0.25) is 0 Å². The maximum Gasteiger partial charge on any atom is 0.155 e. The van der Waals surface area contributed by atoms with Gasteiger partial charge in [0.2, 0.25) is 0 Å². The number of carbonyl (C=O) groups is 1. The number of para-hydroxylation sites is 1. The van der Waals surface area contributed by atoms with Crippen molar-refractivity contribution in [3.05, 3.63) is 29.8 Å². The van der Waals surface area contributed by atoms with Crippen molar-refractivity contribution in [2.45, 2.75) is 39.5 Å². The molecule has 0 saturated heterocycles. The van der Waals surface area contributed by atoms with E-state index < -0.39 is 0 Å². The van der Waals surface area contributed by atoms with Crippen molar-refractivity contribution >= 4 is 11.5 Å². The average Bonchev–Trinajstić information content (AvgIpc) is 2.90. The zero-order chi connectivity index (χ0) is 13.0. The van der Waals surface area contributed by atoms with Crippen LogP contribution < -0.4 is 4.90 Å². The summed E-state index contributed by atoms with van der Waals surface area (Å²) >= 11 is 0. The number of aryl methyl sites for hydroxylation is 1. The first-order chi connectivity index (χ1) is 8.72. The van der Waals surface area contributed by atoms with Crippen molar-refractivity contribution in [1.82, 2.24) is 0 Å².